The van der Waals surface area contributed by atoms with E-state index in [9.17, 15) is 34.8 Å². The molecule has 4 atom stereocenters. The second kappa shape index (κ2) is 8.68. The number of aliphatic hydroxyl groups is 3. The predicted molar refractivity (Wildman–Crippen MR) is 140 cm³/mol. The average molecular weight is 517 g/mol. The van der Waals surface area contributed by atoms with E-state index < -0.39 is 58.0 Å². The zero-order chi connectivity index (χ0) is 27.7. The molecule has 9 nitrogen and oxygen atoms in total. The molecule has 3 aliphatic rings. The molecule has 9 heteroatoms. The molecule has 38 heavy (non-hydrogen) atoms. The molecule has 1 amide bonds. The Hall–Kier alpha value is -4.21. The van der Waals surface area contributed by atoms with Crippen molar-refractivity contribution in [2.45, 2.75) is 24.5 Å². The summed E-state index contributed by atoms with van der Waals surface area (Å²) in [6.45, 7) is 3.76. The van der Waals surface area contributed by atoms with Gasteiger partial charge in [-0.1, -0.05) is 43.0 Å². The van der Waals surface area contributed by atoms with E-state index in [1.165, 1.54) is 11.0 Å². The largest absolute Gasteiger partial charge is 0.508 e. The zero-order valence-corrected chi connectivity index (χ0v) is 20.9. The van der Waals surface area contributed by atoms with Crippen LogP contribution in [0.4, 0.5) is 0 Å². The molecule has 0 unspecified atom stereocenters. The summed E-state index contributed by atoms with van der Waals surface area (Å²) in [4.78, 5) is 40.6. The fourth-order valence-corrected chi connectivity index (χ4v) is 6.31. The number of carbonyl (C=O) groups is 3. The number of benzene rings is 2. The summed E-state index contributed by atoms with van der Waals surface area (Å²) in [6.07, 6.45) is 1.98. The van der Waals surface area contributed by atoms with Crippen LogP contribution in [0, 0.1) is 11.8 Å². The quantitative estimate of drug-likeness (QED) is 0.387. The zero-order valence-electron chi connectivity index (χ0n) is 20.9. The van der Waals surface area contributed by atoms with Crippen LogP contribution in [0.3, 0.4) is 0 Å². The van der Waals surface area contributed by atoms with Gasteiger partial charge in [0.15, 0.2) is 11.4 Å². The third-order valence-corrected chi connectivity index (χ3v) is 8.06. The number of hydrogen-bond acceptors (Lipinski definition) is 8. The Balaban J connectivity index is 1.72. The highest BCUT2D eigenvalue weighted by atomic mass is 16.3. The number of hydrogen-bond donors (Lipinski definition) is 5. The van der Waals surface area contributed by atoms with Crippen LogP contribution in [0.1, 0.15) is 23.1 Å². The highest BCUT2D eigenvalue weighted by Gasteiger charge is 2.64. The van der Waals surface area contributed by atoms with E-state index in [1.807, 2.05) is 24.3 Å². The first-order valence-electron chi connectivity index (χ1n) is 12.2. The van der Waals surface area contributed by atoms with Crippen LogP contribution in [0.2, 0.25) is 0 Å². The Labute approximate surface area is 218 Å². The van der Waals surface area contributed by atoms with Crippen molar-refractivity contribution in [2.75, 3.05) is 14.1 Å². The van der Waals surface area contributed by atoms with Crippen molar-refractivity contribution < 1.29 is 34.8 Å². The maximum absolute atomic E-state index is 13.9. The molecule has 0 radical (unpaired) electrons. The number of Topliss-reactive ketones (excluding diaryl/α,β-unsaturated/α-hetero) is 2. The molecule has 2 aromatic rings. The summed E-state index contributed by atoms with van der Waals surface area (Å²) in [5.74, 6) is -6.69. The van der Waals surface area contributed by atoms with E-state index in [4.69, 9.17) is 5.73 Å². The SMILES string of the molecule is C=Cc1ccc(-c2ccc(O)c3c2C[C@H]2C[C@H]4[C@H](N(C)C)C(=O)C(C(N)=O)=C(O)[C@@]4(O)C(=O)C2=C3O)cc1. The molecule has 2 aromatic carbocycles. The van der Waals surface area contributed by atoms with Gasteiger partial charge in [-0.2, -0.15) is 0 Å². The smallest absolute Gasteiger partial charge is 0.255 e. The summed E-state index contributed by atoms with van der Waals surface area (Å²) in [7, 11) is 3.13. The lowest BCUT2D eigenvalue weighted by atomic mass is 9.57. The van der Waals surface area contributed by atoms with E-state index in [-0.39, 0.29) is 29.7 Å². The van der Waals surface area contributed by atoms with E-state index in [0.717, 1.165) is 16.7 Å². The summed E-state index contributed by atoms with van der Waals surface area (Å²) < 4.78 is 0. The lowest BCUT2D eigenvalue weighted by molar-refractivity contribution is -0.153. The number of primary amides is 1. The van der Waals surface area contributed by atoms with Gasteiger partial charge in [0, 0.05) is 11.5 Å². The monoisotopic (exact) mass is 516 g/mol. The first-order valence-corrected chi connectivity index (χ1v) is 12.2. The number of rotatable bonds is 4. The van der Waals surface area contributed by atoms with Crippen molar-refractivity contribution in [3.63, 3.8) is 0 Å². The van der Waals surface area contributed by atoms with Crippen molar-refractivity contribution in [1.82, 2.24) is 4.90 Å². The minimum atomic E-state index is -2.65. The van der Waals surface area contributed by atoms with E-state index in [1.54, 1.807) is 26.2 Å². The maximum Gasteiger partial charge on any atom is 0.255 e. The molecule has 196 valence electrons. The number of aliphatic hydroxyl groups excluding tert-OH is 2. The van der Waals surface area contributed by atoms with Crippen molar-refractivity contribution in [1.29, 1.82) is 0 Å². The molecular weight excluding hydrogens is 488 g/mol. The van der Waals surface area contributed by atoms with Gasteiger partial charge in [0.25, 0.3) is 5.91 Å². The summed E-state index contributed by atoms with van der Waals surface area (Å²) in [6, 6.07) is 9.58. The van der Waals surface area contributed by atoms with E-state index >= 15 is 0 Å². The van der Waals surface area contributed by atoms with Gasteiger partial charge in [-0.25, -0.2) is 0 Å². The topological polar surface area (TPSA) is 161 Å². The number of nitrogens with two attached hydrogens (primary N) is 1. The number of likely N-dealkylation sites (N-methyl/N-ethyl adjacent to an activating group) is 1. The fourth-order valence-electron chi connectivity index (χ4n) is 6.31. The van der Waals surface area contributed by atoms with Gasteiger partial charge in [0.1, 0.15) is 22.8 Å². The van der Waals surface area contributed by atoms with Crippen LogP contribution in [-0.4, -0.2) is 68.5 Å². The molecule has 1 saturated carbocycles. The average Bonchev–Trinajstić information content (AvgIpc) is 2.86. The van der Waals surface area contributed by atoms with Crippen LogP contribution in [0.15, 0.2) is 59.9 Å². The maximum atomic E-state index is 13.9. The third kappa shape index (κ3) is 3.35. The number of nitrogens with zero attached hydrogens (tertiary/aromatic N) is 1. The van der Waals surface area contributed by atoms with Crippen molar-refractivity contribution in [3.05, 3.63) is 76.6 Å². The molecule has 0 spiro atoms. The van der Waals surface area contributed by atoms with Crippen LogP contribution < -0.4 is 5.73 Å². The number of ketones is 2. The van der Waals surface area contributed by atoms with Gasteiger partial charge < -0.3 is 26.2 Å². The van der Waals surface area contributed by atoms with E-state index in [2.05, 4.69) is 6.58 Å². The van der Waals surface area contributed by atoms with Crippen LogP contribution in [0.5, 0.6) is 5.75 Å². The van der Waals surface area contributed by atoms with Crippen LogP contribution in [-0.2, 0) is 20.8 Å². The molecule has 0 aliphatic heterocycles. The number of phenols is 1. The van der Waals surface area contributed by atoms with E-state index in [0.29, 0.717) is 5.56 Å². The molecule has 0 saturated heterocycles. The van der Waals surface area contributed by atoms with Gasteiger partial charge >= 0.3 is 0 Å². The van der Waals surface area contributed by atoms with Crippen molar-refractivity contribution >= 4 is 29.3 Å². The summed E-state index contributed by atoms with van der Waals surface area (Å²) in [5, 5.41) is 44.7. The number of aromatic hydroxyl groups is 1. The van der Waals surface area contributed by atoms with Gasteiger partial charge in [-0.05, 0) is 61.2 Å². The first-order chi connectivity index (χ1) is 17.9. The van der Waals surface area contributed by atoms with Gasteiger partial charge in [-0.3, -0.25) is 19.3 Å². The summed E-state index contributed by atoms with van der Waals surface area (Å²) >= 11 is 0. The Morgan fingerprint density at radius 2 is 1.76 bits per heavy atom. The van der Waals surface area contributed by atoms with Crippen LogP contribution in [0.25, 0.3) is 23.0 Å². The molecule has 6 N–H and O–H groups in total. The van der Waals surface area contributed by atoms with Crippen molar-refractivity contribution in [3.8, 4) is 16.9 Å². The molecule has 0 aromatic heterocycles. The number of phenolic OH excluding ortho intramolecular Hbond substituents is 1. The molecule has 0 heterocycles. The highest BCUT2D eigenvalue weighted by molar-refractivity contribution is 6.24. The van der Waals surface area contributed by atoms with Gasteiger partial charge in [0.05, 0.1) is 11.6 Å². The minimum absolute atomic E-state index is 0.0380. The molecule has 1 fully saturated rings. The lowest BCUT2D eigenvalue weighted by Gasteiger charge is -2.50. The number of amides is 1. The Morgan fingerprint density at radius 3 is 2.34 bits per heavy atom. The first kappa shape index (κ1) is 25.4. The number of fused-ring (bicyclic) bond motifs is 3. The van der Waals surface area contributed by atoms with Crippen LogP contribution >= 0.6 is 0 Å². The normalized spacial score (nSPS) is 26.7. The molecular formula is C29H28N2O7. The lowest BCUT2D eigenvalue weighted by Crippen LogP contribution is -2.65. The second-order valence-corrected chi connectivity index (χ2v) is 10.3. The highest BCUT2D eigenvalue weighted by Crippen LogP contribution is 2.53. The minimum Gasteiger partial charge on any atom is -0.508 e. The number of carbonyl (C=O) groups excluding carboxylic acids is 3. The fraction of sp³-hybridized carbons (Fsp3) is 0.276. The summed E-state index contributed by atoms with van der Waals surface area (Å²) in [5.41, 5.74) is 4.85. The molecule has 0 bridgehead atoms. The molecule has 5 rings (SSSR count). The van der Waals surface area contributed by atoms with Gasteiger partial charge in [-0.15, -0.1) is 0 Å². The second-order valence-electron chi connectivity index (χ2n) is 10.3. The predicted octanol–water partition coefficient (Wildman–Crippen LogP) is 2.27. The Bertz CT molecular complexity index is 1480. The third-order valence-electron chi connectivity index (χ3n) is 8.06. The van der Waals surface area contributed by atoms with Crippen molar-refractivity contribution in [2.24, 2.45) is 17.6 Å². The van der Waals surface area contributed by atoms with Gasteiger partial charge in [0.2, 0.25) is 5.78 Å². The Kier molecular flexibility index (Phi) is 5.81. The Morgan fingerprint density at radius 1 is 1.11 bits per heavy atom. The molecule has 3 aliphatic carbocycles. The standard InChI is InChI=1S/C29H28N2O7/c1-4-13-5-7-14(8-6-13)16-9-10-19(32)21-17(16)11-15-12-18-23(31(2)3)25(34)22(28(30)37)27(36)29(18,38)26(35)20(15)24(21)33/h4-10,15,18,23,32-33,36,38H,1,11-12H2,2-3H3,(H2,30,37)/t15-,18-,23-,29-/m0/s1.